The highest BCUT2D eigenvalue weighted by Crippen LogP contribution is 2.32. The Kier molecular flexibility index (Phi) is 4.35. The number of nitrogens with one attached hydrogen (secondary N) is 1. The predicted octanol–water partition coefficient (Wildman–Crippen LogP) is 1.81. The molecule has 1 saturated carbocycles. The van der Waals surface area contributed by atoms with Crippen LogP contribution in [-0.2, 0) is 0 Å². The van der Waals surface area contributed by atoms with Crippen LogP contribution >= 0.6 is 11.8 Å². The van der Waals surface area contributed by atoms with E-state index in [0.717, 1.165) is 18.0 Å². The molecule has 0 amide bonds. The zero-order valence-corrected chi connectivity index (χ0v) is 10.9. The van der Waals surface area contributed by atoms with Crippen LogP contribution in [0.1, 0.15) is 26.7 Å². The van der Waals surface area contributed by atoms with Crippen LogP contribution in [0.25, 0.3) is 0 Å². The fraction of sp³-hybridized carbons (Fsp3) is 1.00. The van der Waals surface area contributed by atoms with Crippen molar-refractivity contribution in [1.29, 1.82) is 0 Å². The molecule has 2 unspecified atom stereocenters. The van der Waals surface area contributed by atoms with E-state index in [-0.39, 0.29) is 0 Å². The van der Waals surface area contributed by atoms with Crippen molar-refractivity contribution in [1.82, 2.24) is 10.2 Å². The summed E-state index contributed by atoms with van der Waals surface area (Å²) in [5.74, 6) is 3.63. The average molecular weight is 228 g/mol. The van der Waals surface area contributed by atoms with Gasteiger partial charge >= 0.3 is 0 Å². The van der Waals surface area contributed by atoms with Crippen LogP contribution in [0.15, 0.2) is 0 Å². The molecular formula is C12H24N2S. The Bertz CT molecular complexity index is 194. The second-order valence-corrected chi connectivity index (χ2v) is 6.19. The van der Waals surface area contributed by atoms with E-state index in [1.54, 1.807) is 0 Å². The molecule has 0 bridgehead atoms. The Morgan fingerprint density at radius 3 is 2.93 bits per heavy atom. The largest absolute Gasteiger partial charge is 0.313 e. The van der Waals surface area contributed by atoms with E-state index < -0.39 is 0 Å². The molecule has 88 valence electrons. The Labute approximate surface area is 98.2 Å². The van der Waals surface area contributed by atoms with Crippen LogP contribution in [0.4, 0.5) is 0 Å². The SMILES string of the molecule is CC(NCCN1CCSCC1C)C1CC1. The van der Waals surface area contributed by atoms with Gasteiger partial charge in [-0.1, -0.05) is 0 Å². The molecule has 2 aliphatic rings. The molecular weight excluding hydrogens is 204 g/mol. The van der Waals surface area contributed by atoms with Gasteiger partial charge in [-0.2, -0.15) is 11.8 Å². The predicted molar refractivity (Wildman–Crippen MR) is 68.5 cm³/mol. The summed E-state index contributed by atoms with van der Waals surface area (Å²) in [5.41, 5.74) is 0. The van der Waals surface area contributed by atoms with E-state index in [9.17, 15) is 0 Å². The molecule has 1 heterocycles. The molecule has 2 atom stereocenters. The summed E-state index contributed by atoms with van der Waals surface area (Å²) in [5, 5.41) is 3.66. The van der Waals surface area contributed by atoms with Crippen molar-refractivity contribution in [2.75, 3.05) is 31.1 Å². The lowest BCUT2D eigenvalue weighted by Crippen LogP contribution is -2.45. The van der Waals surface area contributed by atoms with Gasteiger partial charge in [-0.3, -0.25) is 4.90 Å². The van der Waals surface area contributed by atoms with Crippen molar-refractivity contribution in [3.05, 3.63) is 0 Å². The first-order valence-corrected chi connectivity index (χ1v) is 7.48. The van der Waals surface area contributed by atoms with E-state index in [0.29, 0.717) is 0 Å². The van der Waals surface area contributed by atoms with Gasteiger partial charge in [-0.05, 0) is 32.6 Å². The van der Waals surface area contributed by atoms with E-state index >= 15 is 0 Å². The fourth-order valence-corrected chi connectivity index (χ4v) is 3.37. The van der Waals surface area contributed by atoms with Gasteiger partial charge in [0.25, 0.3) is 0 Å². The van der Waals surface area contributed by atoms with Crippen LogP contribution in [-0.4, -0.2) is 48.1 Å². The summed E-state index contributed by atoms with van der Waals surface area (Å²) in [6, 6.07) is 1.53. The Morgan fingerprint density at radius 2 is 2.27 bits per heavy atom. The minimum atomic E-state index is 0.750. The van der Waals surface area contributed by atoms with Crippen molar-refractivity contribution in [3.63, 3.8) is 0 Å². The highest BCUT2D eigenvalue weighted by Gasteiger charge is 2.27. The third-order valence-corrected chi connectivity index (χ3v) is 4.89. The Hall–Kier alpha value is 0.270. The lowest BCUT2D eigenvalue weighted by Gasteiger charge is -2.33. The van der Waals surface area contributed by atoms with E-state index in [1.165, 1.54) is 44.0 Å². The van der Waals surface area contributed by atoms with Gasteiger partial charge in [0.2, 0.25) is 0 Å². The maximum Gasteiger partial charge on any atom is 0.0158 e. The Morgan fingerprint density at radius 1 is 1.47 bits per heavy atom. The minimum Gasteiger partial charge on any atom is -0.313 e. The smallest absolute Gasteiger partial charge is 0.0158 e. The second kappa shape index (κ2) is 5.55. The lowest BCUT2D eigenvalue weighted by molar-refractivity contribution is 0.229. The zero-order valence-electron chi connectivity index (χ0n) is 10.0. The van der Waals surface area contributed by atoms with Gasteiger partial charge in [0.1, 0.15) is 0 Å². The van der Waals surface area contributed by atoms with E-state index in [1.807, 2.05) is 0 Å². The second-order valence-electron chi connectivity index (χ2n) is 5.04. The normalized spacial score (nSPS) is 30.4. The number of hydrogen-bond donors (Lipinski definition) is 1. The number of nitrogens with zero attached hydrogens (tertiary/aromatic N) is 1. The summed E-state index contributed by atoms with van der Waals surface area (Å²) in [6.07, 6.45) is 2.90. The monoisotopic (exact) mass is 228 g/mol. The number of hydrogen-bond acceptors (Lipinski definition) is 3. The van der Waals surface area contributed by atoms with Gasteiger partial charge in [-0.15, -0.1) is 0 Å². The standard InChI is InChI=1S/C12H24N2S/c1-10-9-15-8-7-14(10)6-5-13-11(2)12-3-4-12/h10-13H,3-9H2,1-2H3. The molecule has 1 aliphatic heterocycles. The van der Waals surface area contributed by atoms with Crippen LogP contribution in [0, 0.1) is 5.92 Å². The molecule has 2 rings (SSSR count). The van der Waals surface area contributed by atoms with Crippen molar-refractivity contribution < 1.29 is 0 Å². The van der Waals surface area contributed by atoms with E-state index in [2.05, 4.69) is 35.8 Å². The maximum absolute atomic E-state index is 3.66. The van der Waals surface area contributed by atoms with Crippen LogP contribution in [0.3, 0.4) is 0 Å². The molecule has 0 aromatic heterocycles. The molecule has 0 spiro atoms. The molecule has 3 heteroatoms. The first-order valence-electron chi connectivity index (χ1n) is 6.32. The van der Waals surface area contributed by atoms with Gasteiger partial charge in [0.15, 0.2) is 0 Å². The summed E-state index contributed by atoms with van der Waals surface area (Å²) in [7, 11) is 0. The third kappa shape index (κ3) is 3.65. The summed E-state index contributed by atoms with van der Waals surface area (Å²) >= 11 is 2.10. The molecule has 15 heavy (non-hydrogen) atoms. The van der Waals surface area contributed by atoms with Gasteiger partial charge in [-0.25, -0.2) is 0 Å². The maximum atomic E-state index is 3.66. The average Bonchev–Trinajstić information content (AvgIpc) is 3.04. The van der Waals surface area contributed by atoms with Gasteiger partial charge < -0.3 is 5.32 Å². The van der Waals surface area contributed by atoms with Crippen LogP contribution < -0.4 is 5.32 Å². The highest BCUT2D eigenvalue weighted by atomic mass is 32.2. The summed E-state index contributed by atoms with van der Waals surface area (Å²) in [6.45, 7) is 8.39. The van der Waals surface area contributed by atoms with Gasteiger partial charge in [0, 0.05) is 43.2 Å². The molecule has 1 N–H and O–H groups in total. The summed E-state index contributed by atoms with van der Waals surface area (Å²) < 4.78 is 0. The summed E-state index contributed by atoms with van der Waals surface area (Å²) in [4.78, 5) is 2.63. The lowest BCUT2D eigenvalue weighted by atomic mass is 10.2. The molecule has 1 saturated heterocycles. The van der Waals surface area contributed by atoms with Crippen LogP contribution in [0.2, 0.25) is 0 Å². The first-order chi connectivity index (χ1) is 7.27. The first kappa shape index (κ1) is 11.7. The van der Waals surface area contributed by atoms with Crippen molar-refractivity contribution in [3.8, 4) is 0 Å². The van der Waals surface area contributed by atoms with Crippen molar-refractivity contribution in [2.24, 2.45) is 5.92 Å². The molecule has 2 nitrogen and oxygen atoms in total. The highest BCUT2D eigenvalue weighted by molar-refractivity contribution is 7.99. The molecule has 0 radical (unpaired) electrons. The quantitative estimate of drug-likeness (QED) is 0.772. The molecule has 0 aromatic carbocycles. The minimum absolute atomic E-state index is 0.750. The number of rotatable bonds is 5. The third-order valence-electron chi connectivity index (χ3n) is 3.70. The van der Waals surface area contributed by atoms with Crippen molar-refractivity contribution >= 4 is 11.8 Å². The number of thioether (sulfide) groups is 1. The zero-order chi connectivity index (χ0) is 10.7. The molecule has 1 aliphatic carbocycles. The topological polar surface area (TPSA) is 15.3 Å². The molecule has 0 aromatic rings. The fourth-order valence-electron chi connectivity index (χ4n) is 2.29. The van der Waals surface area contributed by atoms with Crippen molar-refractivity contribution in [2.45, 2.75) is 38.8 Å². The van der Waals surface area contributed by atoms with Gasteiger partial charge in [0.05, 0.1) is 0 Å². The molecule has 2 fully saturated rings. The Balaban J connectivity index is 1.59. The van der Waals surface area contributed by atoms with Crippen LogP contribution in [0.5, 0.6) is 0 Å². The van der Waals surface area contributed by atoms with E-state index in [4.69, 9.17) is 0 Å².